The van der Waals surface area contributed by atoms with E-state index in [9.17, 15) is 4.79 Å². The summed E-state index contributed by atoms with van der Waals surface area (Å²) in [5, 5.41) is 2.83. The number of amides is 1. The van der Waals surface area contributed by atoms with Crippen molar-refractivity contribution in [1.29, 1.82) is 0 Å². The lowest BCUT2D eigenvalue weighted by atomic mass is 10.1. The lowest BCUT2D eigenvalue weighted by Crippen LogP contribution is -2.31. The third kappa shape index (κ3) is 3.99. The van der Waals surface area contributed by atoms with Crippen molar-refractivity contribution in [3.8, 4) is 11.5 Å². The fraction of sp³-hybridized carbons (Fsp3) is 0.389. The Bertz CT molecular complexity index is 745. The summed E-state index contributed by atoms with van der Waals surface area (Å²) in [4.78, 5) is 23.4. The number of ether oxygens (including phenoxy) is 2. The summed E-state index contributed by atoms with van der Waals surface area (Å²) in [7, 11) is 3.12. The minimum Gasteiger partial charge on any atom is -0.497 e. The first-order valence-electron chi connectivity index (χ1n) is 8.32. The van der Waals surface area contributed by atoms with Gasteiger partial charge in [0.2, 0.25) is 5.95 Å². The maximum absolute atomic E-state index is 12.6. The summed E-state index contributed by atoms with van der Waals surface area (Å²) in [6.45, 7) is 1.85. The molecular formula is C18H22N4O3. The monoisotopic (exact) mass is 342 g/mol. The molecule has 25 heavy (non-hydrogen) atoms. The highest BCUT2D eigenvalue weighted by Gasteiger charge is 2.17. The Hall–Kier alpha value is -2.83. The Morgan fingerprint density at radius 2 is 1.92 bits per heavy atom. The van der Waals surface area contributed by atoms with E-state index in [1.165, 1.54) is 6.42 Å². The zero-order valence-corrected chi connectivity index (χ0v) is 14.5. The normalized spacial score (nSPS) is 14.1. The first-order valence-corrected chi connectivity index (χ1v) is 8.32. The number of rotatable bonds is 5. The van der Waals surface area contributed by atoms with Gasteiger partial charge in [0, 0.05) is 25.4 Å². The molecular weight excluding hydrogens is 320 g/mol. The predicted octanol–water partition coefficient (Wildman–Crippen LogP) is 2.74. The molecule has 1 amide bonds. The summed E-state index contributed by atoms with van der Waals surface area (Å²) in [5.74, 6) is 1.48. The van der Waals surface area contributed by atoms with Gasteiger partial charge in [-0.05, 0) is 37.5 Å². The molecule has 0 unspecified atom stereocenters. The smallest absolute Gasteiger partial charge is 0.274 e. The first-order chi connectivity index (χ1) is 12.2. The molecule has 1 aromatic carbocycles. The van der Waals surface area contributed by atoms with Crippen molar-refractivity contribution in [3.63, 3.8) is 0 Å². The molecule has 2 aromatic rings. The van der Waals surface area contributed by atoms with Crippen LogP contribution in [0.25, 0.3) is 0 Å². The Morgan fingerprint density at radius 1 is 1.12 bits per heavy atom. The lowest BCUT2D eigenvalue weighted by Gasteiger charge is -2.26. The minimum atomic E-state index is -0.313. The highest BCUT2D eigenvalue weighted by atomic mass is 16.5. The van der Waals surface area contributed by atoms with Crippen LogP contribution < -0.4 is 19.7 Å². The Balaban J connectivity index is 1.79. The number of hydrogen-bond acceptors (Lipinski definition) is 6. The molecule has 1 aromatic heterocycles. The van der Waals surface area contributed by atoms with Gasteiger partial charge in [0.1, 0.15) is 17.2 Å². The summed E-state index contributed by atoms with van der Waals surface area (Å²) in [6, 6.07) is 6.83. The van der Waals surface area contributed by atoms with Gasteiger partial charge >= 0.3 is 0 Å². The van der Waals surface area contributed by atoms with Gasteiger partial charge in [-0.1, -0.05) is 0 Å². The van der Waals surface area contributed by atoms with Crippen molar-refractivity contribution in [2.75, 3.05) is 37.5 Å². The van der Waals surface area contributed by atoms with E-state index in [0.717, 1.165) is 25.9 Å². The van der Waals surface area contributed by atoms with Crippen LogP contribution in [0.15, 0.2) is 30.5 Å². The maximum atomic E-state index is 12.6. The number of nitrogens with zero attached hydrogens (tertiary/aromatic N) is 3. The van der Waals surface area contributed by atoms with E-state index in [0.29, 0.717) is 28.8 Å². The topological polar surface area (TPSA) is 76.6 Å². The van der Waals surface area contributed by atoms with Crippen LogP contribution in [0.2, 0.25) is 0 Å². The Labute approximate surface area is 147 Å². The standard InChI is InChI=1S/C18H22N4O3/c1-24-13-6-7-16(25-2)15(12-13)20-17(23)14-8-9-19-18(21-14)22-10-4-3-5-11-22/h6-9,12H,3-5,10-11H2,1-2H3,(H,20,23). The largest absolute Gasteiger partial charge is 0.497 e. The molecule has 1 fully saturated rings. The van der Waals surface area contributed by atoms with E-state index in [1.54, 1.807) is 44.7 Å². The summed E-state index contributed by atoms with van der Waals surface area (Å²) >= 11 is 0. The van der Waals surface area contributed by atoms with Crippen molar-refractivity contribution in [3.05, 3.63) is 36.2 Å². The van der Waals surface area contributed by atoms with Crippen LogP contribution in [0.5, 0.6) is 11.5 Å². The molecule has 1 aliphatic rings. The van der Waals surface area contributed by atoms with Crippen LogP contribution in [-0.4, -0.2) is 43.2 Å². The number of anilines is 2. The molecule has 0 radical (unpaired) electrons. The van der Waals surface area contributed by atoms with Crippen LogP contribution >= 0.6 is 0 Å². The van der Waals surface area contributed by atoms with Gasteiger partial charge in [0.25, 0.3) is 5.91 Å². The van der Waals surface area contributed by atoms with Gasteiger partial charge in [0.15, 0.2) is 0 Å². The molecule has 1 N–H and O–H groups in total. The molecule has 7 heteroatoms. The van der Waals surface area contributed by atoms with E-state index in [1.807, 2.05) is 0 Å². The van der Waals surface area contributed by atoms with Crippen molar-refractivity contribution in [1.82, 2.24) is 9.97 Å². The van der Waals surface area contributed by atoms with E-state index >= 15 is 0 Å². The molecule has 1 aliphatic heterocycles. The second-order valence-electron chi connectivity index (χ2n) is 5.81. The number of piperidine rings is 1. The first kappa shape index (κ1) is 17.0. The van der Waals surface area contributed by atoms with E-state index < -0.39 is 0 Å². The van der Waals surface area contributed by atoms with Crippen LogP contribution in [0.1, 0.15) is 29.8 Å². The van der Waals surface area contributed by atoms with Crippen LogP contribution in [0.3, 0.4) is 0 Å². The van der Waals surface area contributed by atoms with Gasteiger partial charge in [0.05, 0.1) is 19.9 Å². The molecule has 0 bridgehead atoms. The number of methoxy groups -OCH3 is 2. The average molecular weight is 342 g/mol. The van der Waals surface area contributed by atoms with Crippen molar-refractivity contribution in [2.24, 2.45) is 0 Å². The fourth-order valence-corrected chi connectivity index (χ4v) is 2.82. The molecule has 3 rings (SSSR count). The zero-order valence-electron chi connectivity index (χ0n) is 14.5. The minimum absolute atomic E-state index is 0.313. The molecule has 0 saturated carbocycles. The molecule has 0 aliphatic carbocycles. The van der Waals surface area contributed by atoms with Gasteiger partial charge in [-0.2, -0.15) is 0 Å². The summed E-state index contributed by atoms with van der Waals surface area (Å²) < 4.78 is 10.5. The summed E-state index contributed by atoms with van der Waals surface area (Å²) in [5.41, 5.74) is 0.852. The van der Waals surface area contributed by atoms with Gasteiger partial charge < -0.3 is 19.7 Å². The highest BCUT2D eigenvalue weighted by molar-refractivity contribution is 6.03. The average Bonchev–Trinajstić information content (AvgIpc) is 2.68. The molecule has 0 spiro atoms. The molecule has 132 valence electrons. The van der Waals surface area contributed by atoms with E-state index in [2.05, 4.69) is 20.2 Å². The lowest BCUT2D eigenvalue weighted by molar-refractivity contribution is 0.102. The quantitative estimate of drug-likeness (QED) is 0.900. The zero-order chi connectivity index (χ0) is 17.6. The molecule has 7 nitrogen and oxygen atoms in total. The predicted molar refractivity (Wildman–Crippen MR) is 95.6 cm³/mol. The fourth-order valence-electron chi connectivity index (χ4n) is 2.82. The molecule has 2 heterocycles. The third-order valence-corrected chi connectivity index (χ3v) is 4.17. The van der Waals surface area contributed by atoms with Crippen LogP contribution in [-0.2, 0) is 0 Å². The van der Waals surface area contributed by atoms with Crippen molar-refractivity contribution < 1.29 is 14.3 Å². The SMILES string of the molecule is COc1ccc(OC)c(NC(=O)c2ccnc(N3CCCCC3)n2)c1. The Morgan fingerprint density at radius 3 is 2.64 bits per heavy atom. The van der Waals surface area contributed by atoms with Gasteiger partial charge in [-0.3, -0.25) is 4.79 Å². The molecule has 0 atom stereocenters. The summed E-state index contributed by atoms with van der Waals surface area (Å²) in [6.07, 6.45) is 5.10. The van der Waals surface area contributed by atoms with Gasteiger partial charge in [-0.25, -0.2) is 9.97 Å². The third-order valence-electron chi connectivity index (χ3n) is 4.17. The van der Waals surface area contributed by atoms with Crippen molar-refractivity contribution >= 4 is 17.5 Å². The van der Waals surface area contributed by atoms with Gasteiger partial charge in [-0.15, -0.1) is 0 Å². The van der Waals surface area contributed by atoms with E-state index in [4.69, 9.17) is 9.47 Å². The molecule has 1 saturated heterocycles. The van der Waals surface area contributed by atoms with E-state index in [-0.39, 0.29) is 5.91 Å². The highest BCUT2D eigenvalue weighted by Crippen LogP contribution is 2.29. The number of aromatic nitrogens is 2. The number of benzene rings is 1. The second-order valence-corrected chi connectivity index (χ2v) is 5.81. The number of hydrogen-bond donors (Lipinski definition) is 1. The number of carbonyl (C=O) groups excluding carboxylic acids is 1. The van der Waals surface area contributed by atoms with Crippen LogP contribution in [0, 0.1) is 0 Å². The number of carbonyl (C=O) groups is 1. The van der Waals surface area contributed by atoms with Crippen LogP contribution in [0.4, 0.5) is 11.6 Å². The van der Waals surface area contributed by atoms with Crippen molar-refractivity contribution in [2.45, 2.75) is 19.3 Å². The second kappa shape index (κ2) is 7.83. The number of nitrogens with one attached hydrogen (secondary N) is 1. The Kier molecular flexibility index (Phi) is 5.33. The maximum Gasteiger partial charge on any atom is 0.274 e.